The Labute approximate surface area is 207 Å². The van der Waals surface area contributed by atoms with Crippen molar-refractivity contribution in [1.29, 1.82) is 0 Å². The molecule has 3 rings (SSSR count). The number of hydrazone groups is 1. The molecule has 0 saturated heterocycles. The molecule has 0 heterocycles. The third kappa shape index (κ3) is 6.41. The molecule has 168 valence electrons. The number of carbonyl (C=O) groups is 3. The van der Waals surface area contributed by atoms with E-state index in [1.165, 1.54) is 12.3 Å². The van der Waals surface area contributed by atoms with Gasteiger partial charge in [-0.15, -0.1) is 0 Å². The van der Waals surface area contributed by atoms with E-state index in [2.05, 4.69) is 31.8 Å². The van der Waals surface area contributed by atoms with E-state index in [0.717, 1.165) is 0 Å². The highest BCUT2D eigenvalue weighted by Crippen LogP contribution is 2.25. The molecule has 0 aliphatic heterocycles. The highest BCUT2D eigenvalue weighted by molar-refractivity contribution is 9.10. The van der Waals surface area contributed by atoms with Gasteiger partial charge in [0.05, 0.1) is 16.8 Å². The first-order valence-corrected chi connectivity index (χ1v) is 11.0. The number of rotatable bonds is 5. The zero-order valence-electron chi connectivity index (χ0n) is 17.1. The Bertz CT molecular complexity index is 1260. The maximum absolute atomic E-state index is 12.5. The Kier molecular flexibility index (Phi) is 8.21. The minimum Gasteiger partial charge on any atom is -0.422 e. The molecule has 0 aliphatic rings. The van der Waals surface area contributed by atoms with Crippen LogP contribution in [-0.4, -0.2) is 24.0 Å². The number of nitrogens with zero attached hydrogens (tertiary/aromatic N) is 1. The number of nitrogens with one attached hydrogen (secondary N) is 2. The molecule has 0 unspecified atom stereocenters. The summed E-state index contributed by atoms with van der Waals surface area (Å²) in [4.78, 5) is 36.7. The van der Waals surface area contributed by atoms with Crippen LogP contribution in [-0.2, 0) is 9.59 Å². The van der Waals surface area contributed by atoms with Gasteiger partial charge in [-0.2, -0.15) is 5.10 Å². The molecule has 10 heteroatoms. The predicted molar refractivity (Wildman–Crippen MR) is 131 cm³/mol. The second-order valence-corrected chi connectivity index (χ2v) is 8.35. The smallest absolute Gasteiger partial charge is 0.345 e. The number of amides is 2. The molecule has 0 aromatic heterocycles. The van der Waals surface area contributed by atoms with Crippen molar-refractivity contribution in [3.8, 4) is 5.75 Å². The summed E-state index contributed by atoms with van der Waals surface area (Å²) in [5.74, 6) is -2.38. The minimum atomic E-state index is -0.991. The van der Waals surface area contributed by atoms with E-state index < -0.39 is 17.8 Å². The molecule has 3 aromatic rings. The van der Waals surface area contributed by atoms with Crippen LogP contribution in [0.4, 0.5) is 5.69 Å². The third-order valence-corrected chi connectivity index (χ3v) is 5.59. The fourth-order valence-electron chi connectivity index (χ4n) is 2.63. The summed E-state index contributed by atoms with van der Waals surface area (Å²) in [5.41, 5.74) is 3.74. The number of benzene rings is 3. The molecule has 2 amide bonds. The number of hydrogen-bond donors (Lipinski definition) is 2. The Morgan fingerprint density at radius 3 is 2.45 bits per heavy atom. The second-order valence-electron chi connectivity index (χ2n) is 6.62. The Hall–Kier alpha value is -3.20. The van der Waals surface area contributed by atoms with Gasteiger partial charge in [0.1, 0.15) is 5.75 Å². The summed E-state index contributed by atoms with van der Waals surface area (Å²) < 4.78 is 6.12. The molecular weight excluding hydrogens is 533 g/mol. The van der Waals surface area contributed by atoms with Crippen LogP contribution in [0.1, 0.15) is 21.5 Å². The van der Waals surface area contributed by atoms with Gasteiger partial charge < -0.3 is 10.1 Å². The normalized spacial score (nSPS) is 10.7. The summed E-state index contributed by atoms with van der Waals surface area (Å²) in [6.07, 6.45) is 1.25. The van der Waals surface area contributed by atoms with E-state index in [1.54, 1.807) is 61.5 Å². The van der Waals surface area contributed by atoms with Crippen molar-refractivity contribution in [2.45, 2.75) is 6.92 Å². The molecule has 7 nitrogen and oxygen atoms in total. The first-order chi connectivity index (χ1) is 15.8. The molecule has 0 spiro atoms. The summed E-state index contributed by atoms with van der Waals surface area (Å²) >= 11 is 15.4. The summed E-state index contributed by atoms with van der Waals surface area (Å²) in [6, 6.07) is 16.3. The van der Waals surface area contributed by atoms with Crippen molar-refractivity contribution >= 4 is 68.8 Å². The zero-order valence-corrected chi connectivity index (χ0v) is 20.2. The van der Waals surface area contributed by atoms with E-state index in [1.807, 2.05) is 0 Å². The number of halogens is 3. The van der Waals surface area contributed by atoms with Gasteiger partial charge >= 0.3 is 17.8 Å². The molecule has 3 aromatic carbocycles. The van der Waals surface area contributed by atoms with Crippen LogP contribution in [0, 0.1) is 6.92 Å². The summed E-state index contributed by atoms with van der Waals surface area (Å²) in [6.45, 7) is 1.71. The molecule has 33 heavy (non-hydrogen) atoms. The Morgan fingerprint density at radius 1 is 0.970 bits per heavy atom. The van der Waals surface area contributed by atoms with Crippen molar-refractivity contribution in [2.75, 3.05) is 5.32 Å². The number of esters is 1. The Morgan fingerprint density at radius 2 is 1.70 bits per heavy atom. The lowest BCUT2D eigenvalue weighted by Crippen LogP contribution is -2.32. The summed E-state index contributed by atoms with van der Waals surface area (Å²) in [5, 5.41) is 6.98. The minimum absolute atomic E-state index is 0.181. The van der Waals surface area contributed by atoms with Crippen LogP contribution in [0.2, 0.25) is 10.0 Å². The maximum Gasteiger partial charge on any atom is 0.345 e. The molecule has 0 saturated carbocycles. The van der Waals surface area contributed by atoms with Crippen LogP contribution in [0.25, 0.3) is 0 Å². The molecule has 0 radical (unpaired) electrons. The van der Waals surface area contributed by atoms with Crippen LogP contribution < -0.4 is 15.5 Å². The average Bonchev–Trinajstić information content (AvgIpc) is 2.78. The van der Waals surface area contributed by atoms with E-state index in [-0.39, 0.29) is 16.3 Å². The quantitative estimate of drug-likeness (QED) is 0.147. The maximum atomic E-state index is 12.5. The lowest BCUT2D eigenvalue weighted by atomic mass is 10.2. The van der Waals surface area contributed by atoms with Gasteiger partial charge in [-0.25, -0.2) is 10.2 Å². The fraction of sp³-hybridized carbons (Fsp3) is 0.0435. The Balaban J connectivity index is 1.69. The standard InChI is InChI=1S/C23H16BrCl2N3O4/c1-13-17(25)7-4-8-19(13)28-21(30)22(31)29-27-12-14-11-15(24)9-10-20(14)33-23(32)16-5-2-3-6-18(16)26/h2-12H,1H3,(H,28,30)(H,29,31)/b27-12+. The first kappa shape index (κ1) is 24.4. The molecule has 0 fully saturated rings. The first-order valence-electron chi connectivity index (χ1n) is 9.42. The number of ether oxygens (including phenoxy) is 1. The van der Waals surface area contributed by atoms with Crippen molar-refractivity contribution in [2.24, 2.45) is 5.10 Å². The van der Waals surface area contributed by atoms with E-state index in [9.17, 15) is 14.4 Å². The molecule has 0 atom stereocenters. The molecule has 2 N–H and O–H groups in total. The SMILES string of the molecule is Cc1c(Cl)cccc1NC(=O)C(=O)N/N=C/c1cc(Br)ccc1OC(=O)c1ccccc1Cl. The number of carbonyl (C=O) groups excluding carboxylic acids is 3. The lowest BCUT2D eigenvalue weighted by Gasteiger charge is -2.09. The number of hydrogen-bond acceptors (Lipinski definition) is 5. The van der Waals surface area contributed by atoms with E-state index in [4.69, 9.17) is 27.9 Å². The van der Waals surface area contributed by atoms with Gasteiger partial charge in [0.25, 0.3) is 0 Å². The predicted octanol–water partition coefficient (Wildman–Crippen LogP) is 5.37. The van der Waals surface area contributed by atoms with Crippen LogP contribution in [0.3, 0.4) is 0 Å². The third-order valence-electron chi connectivity index (χ3n) is 4.36. The fourth-order valence-corrected chi connectivity index (χ4v) is 3.39. The van der Waals surface area contributed by atoms with Gasteiger partial charge in [0.15, 0.2) is 0 Å². The van der Waals surface area contributed by atoms with Crippen molar-refractivity contribution in [3.05, 3.63) is 91.9 Å². The van der Waals surface area contributed by atoms with Crippen molar-refractivity contribution < 1.29 is 19.1 Å². The van der Waals surface area contributed by atoms with Crippen LogP contribution in [0.5, 0.6) is 5.75 Å². The van der Waals surface area contributed by atoms with Crippen molar-refractivity contribution in [3.63, 3.8) is 0 Å². The van der Waals surface area contributed by atoms with Gasteiger partial charge in [0, 0.05) is 20.7 Å². The van der Waals surface area contributed by atoms with Crippen LogP contribution >= 0.6 is 39.1 Å². The molecule has 0 bridgehead atoms. The van der Waals surface area contributed by atoms with E-state index >= 15 is 0 Å². The van der Waals surface area contributed by atoms with Gasteiger partial charge in [-0.1, -0.05) is 57.3 Å². The number of anilines is 1. The van der Waals surface area contributed by atoms with Crippen LogP contribution in [0.15, 0.2) is 70.2 Å². The van der Waals surface area contributed by atoms with Gasteiger partial charge in [0.2, 0.25) is 0 Å². The molecular formula is C23H16BrCl2N3O4. The average molecular weight is 549 g/mol. The highest BCUT2D eigenvalue weighted by Gasteiger charge is 2.16. The summed E-state index contributed by atoms with van der Waals surface area (Å²) in [7, 11) is 0. The zero-order chi connectivity index (χ0) is 24.0. The van der Waals surface area contributed by atoms with E-state index in [0.29, 0.717) is 26.3 Å². The molecule has 0 aliphatic carbocycles. The lowest BCUT2D eigenvalue weighted by molar-refractivity contribution is -0.136. The van der Waals surface area contributed by atoms with Gasteiger partial charge in [-0.3, -0.25) is 9.59 Å². The highest BCUT2D eigenvalue weighted by atomic mass is 79.9. The monoisotopic (exact) mass is 547 g/mol. The van der Waals surface area contributed by atoms with Crippen molar-refractivity contribution in [1.82, 2.24) is 5.43 Å². The van der Waals surface area contributed by atoms with Gasteiger partial charge in [-0.05, 0) is 55.0 Å². The topological polar surface area (TPSA) is 96.9 Å². The largest absolute Gasteiger partial charge is 0.422 e. The second kappa shape index (κ2) is 11.1.